The summed E-state index contributed by atoms with van der Waals surface area (Å²) in [6.07, 6.45) is 10.9. The van der Waals surface area contributed by atoms with Crippen LogP contribution in [0.1, 0.15) is 106 Å². The van der Waals surface area contributed by atoms with Crippen molar-refractivity contribution in [1.29, 1.82) is 0 Å². The van der Waals surface area contributed by atoms with E-state index in [1.807, 2.05) is 6.92 Å². The Labute approximate surface area is 200 Å². The molecule has 0 aliphatic heterocycles. The van der Waals surface area contributed by atoms with Crippen molar-refractivity contribution >= 4 is 5.97 Å². The van der Waals surface area contributed by atoms with Gasteiger partial charge in [0.2, 0.25) is 0 Å². The van der Waals surface area contributed by atoms with Crippen molar-refractivity contribution in [2.75, 3.05) is 0 Å². The first-order chi connectivity index (χ1) is 15.1. The third kappa shape index (κ3) is 2.86. The van der Waals surface area contributed by atoms with Gasteiger partial charge in [0.15, 0.2) is 0 Å². The molecule has 5 aliphatic carbocycles. The normalized spacial score (nSPS) is 55.3. The second kappa shape index (κ2) is 6.87. The molecule has 0 amide bonds. The van der Waals surface area contributed by atoms with E-state index in [-0.39, 0.29) is 33.7 Å². The van der Waals surface area contributed by atoms with E-state index in [2.05, 4.69) is 40.7 Å². The number of carboxylic acid groups (broad SMARTS) is 1. The van der Waals surface area contributed by atoms with E-state index in [9.17, 15) is 20.1 Å². The third-order valence-electron chi connectivity index (χ3n) is 12.8. The molecule has 0 saturated heterocycles. The first-order valence-electron chi connectivity index (χ1n) is 13.5. The summed E-state index contributed by atoms with van der Waals surface area (Å²) < 4.78 is 0. The van der Waals surface area contributed by atoms with E-state index >= 15 is 0 Å². The number of allylic oxidation sites excluding steroid dienone is 2. The van der Waals surface area contributed by atoms with Gasteiger partial charge in [-0.2, -0.15) is 0 Å². The molecule has 0 aromatic rings. The summed E-state index contributed by atoms with van der Waals surface area (Å²) in [7, 11) is 0. The molecular weight excluding hydrogens is 412 g/mol. The molecule has 1 unspecified atom stereocenters. The molecule has 0 radical (unpaired) electrons. The summed E-state index contributed by atoms with van der Waals surface area (Å²) in [6, 6.07) is 0. The van der Waals surface area contributed by atoms with Crippen molar-refractivity contribution in [3.63, 3.8) is 0 Å². The lowest BCUT2D eigenvalue weighted by Gasteiger charge is -2.71. The molecule has 4 heteroatoms. The Kier molecular flexibility index (Phi) is 4.97. The van der Waals surface area contributed by atoms with Gasteiger partial charge in [-0.05, 0) is 111 Å². The molecular formula is C29H46O4. The lowest BCUT2D eigenvalue weighted by atomic mass is 9.33. The average molecular weight is 459 g/mol. The number of carboxylic acids is 1. The van der Waals surface area contributed by atoms with Crippen molar-refractivity contribution in [2.45, 2.75) is 117 Å². The number of aliphatic hydroxyl groups excluding tert-OH is 1. The minimum absolute atomic E-state index is 0.0266. The predicted molar refractivity (Wildman–Crippen MR) is 130 cm³/mol. The lowest BCUT2D eigenvalue weighted by molar-refractivity contribution is -0.207. The highest BCUT2D eigenvalue weighted by Gasteiger charge is 2.69. The number of carbonyl (C=O) groups is 1. The SMILES string of the molecule is CC1(C)C2CC[C@]3(C)[C@H](CC=C4[C@H]5C[C@](C)(O)CC[C@]5(C(=O)O)CC[C@]43C)[C@@]2(C)CC[C@@H]1O. The van der Waals surface area contributed by atoms with Gasteiger partial charge in [0.1, 0.15) is 0 Å². The van der Waals surface area contributed by atoms with Gasteiger partial charge in [0, 0.05) is 0 Å². The molecule has 5 rings (SSSR count). The second-order valence-corrected chi connectivity index (χ2v) is 14.4. The van der Waals surface area contributed by atoms with E-state index < -0.39 is 17.0 Å². The van der Waals surface area contributed by atoms with Crippen molar-refractivity contribution in [3.05, 3.63) is 11.6 Å². The zero-order chi connectivity index (χ0) is 24.2. The summed E-state index contributed by atoms with van der Waals surface area (Å²) in [6.45, 7) is 13.9. The lowest BCUT2D eigenvalue weighted by Crippen LogP contribution is -2.65. The molecule has 186 valence electrons. The van der Waals surface area contributed by atoms with Crippen LogP contribution in [-0.2, 0) is 4.79 Å². The Morgan fingerprint density at radius 3 is 2.24 bits per heavy atom. The van der Waals surface area contributed by atoms with Crippen LogP contribution in [0.3, 0.4) is 0 Å². The maximum absolute atomic E-state index is 12.7. The van der Waals surface area contributed by atoms with Crippen LogP contribution in [0.5, 0.6) is 0 Å². The Bertz CT molecular complexity index is 888. The van der Waals surface area contributed by atoms with Crippen molar-refractivity contribution in [1.82, 2.24) is 0 Å². The maximum Gasteiger partial charge on any atom is 0.310 e. The van der Waals surface area contributed by atoms with Crippen molar-refractivity contribution < 1.29 is 20.1 Å². The fourth-order valence-corrected chi connectivity index (χ4v) is 10.4. The van der Waals surface area contributed by atoms with Gasteiger partial charge in [-0.15, -0.1) is 0 Å². The topological polar surface area (TPSA) is 77.8 Å². The minimum Gasteiger partial charge on any atom is -0.481 e. The van der Waals surface area contributed by atoms with E-state index in [0.717, 1.165) is 44.9 Å². The van der Waals surface area contributed by atoms with Crippen LogP contribution in [0.4, 0.5) is 0 Å². The van der Waals surface area contributed by atoms with Crippen LogP contribution in [0.25, 0.3) is 0 Å². The van der Waals surface area contributed by atoms with Gasteiger partial charge in [0.25, 0.3) is 0 Å². The van der Waals surface area contributed by atoms with Crippen molar-refractivity contribution in [2.24, 2.45) is 44.8 Å². The Hall–Kier alpha value is -0.870. The molecule has 0 spiro atoms. The Balaban J connectivity index is 1.60. The number of rotatable bonds is 1. The highest BCUT2D eigenvalue weighted by molar-refractivity contribution is 5.76. The standard InChI is InChI=1S/C29H46O4/c1-24(2)20-9-12-28(6)21(26(20,4)11-10-22(24)30)8-7-18-19-17-25(3,33)13-15-29(19,23(31)32)16-14-27(18,28)5/h7,19-22,30,33H,8-17H2,1-6H3,(H,31,32)/t19-,20?,21-,22+,25-,26+,27-,28-,29+/m1/s1. The smallest absolute Gasteiger partial charge is 0.310 e. The van der Waals surface area contributed by atoms with Gasteiger partial charge >= 0.3 is 5.97 Å². The highest BCUT2D eigenvalue weighted by Crippen LogP contribution is 2.75. The molecule has 0 bridgehead atoms. The molecule has 3 N–H and O–H groups in total. The van der Waals surface area contributed by atoms with Gasteiger partial charge in [-0.1, -0.05) is 46.3 Å². The Morgan fingerprint density at radius 2 is 1.58 bits per heavy atom. The number of aliphatic carboxylic acids is 1. The average Bonchev–Trinajstić information content (AvgIpc) is 2.71. The van der Waals surface area contributed by atoms with Crippen LogP contribution in [0.2, 0.25) is 0 Å². The fourth-order valence-electron chi connectivity index (χ4n) is 10.4. The van der Waals surface area contributed by atoms with Gasteiger partial charge in [-0.25, -0.2) is 0 Å². The molecule has 0 heterocycles. The quantitative estimate of drug-likeness (QED) is 0.424. The zero-order valence-corrected chi connectivity index (χ0v) is 21.7. The zero-order valence-electron chi connectivity index (χ0n) is 21.7. The molecule has 4 nitrogen and oxygen atoms in total. The number of hydrogen-bond donors (Lipinski definition) is 3. The van der Waals surface area contributed by atoms with Crippen LogP contribution in [-0.4, -0.2) is 33.0 Å². The summed E-state index contributed by atoms with van der Waals surface area (Å²) in [5, 5.41) is 32.3. The first-order valence-corrected chi connectivity index (χ1v) is 13.5. The molecule has 33 heavy (non-hydrogen) atoms. The van der Waals surface area contributed by atoms with E-state index in [4.69, 9.17) is 0 Å². The highest BCUT2D eigenvalue weighted by atomic mass is 16.4. The molecule has 0 aromatic carbocycles. The number of fused-ring (bicyclic) bond motifs is 7. The summed E-state index contributed by atoms with van der Waals surface area (Å²) in [5.74, 6) is 0.343. The van der Waals surface area contributed by atoms with Crippen molar-refractivity contribution in [3.8, 4) is 0 Å². The predicted octanol–water partition coefficient (Wildman–Crippen LogP) is 5.96. The maximum atomic E-state index is 12.7. The molecule has 5 aliphatic rings. The Morgan fingerprint density at radius 1 is 0.909 bits per heavy atom. The monoisotopic (exact) mass is 458 g/mol. The summed E-state index contributed by atoms with van der Waals surface area (Å²) in [4.78, 5) is 12.7. The minimum atomic E-state index is -0.784. The summed E-state index contributed by atoms with van der Waals surface area (Å²) >= 11 is 0. The van der Waals surface area contributed by atoms with E-state index in [1.54, 1.807) is 0 Å². The van der Waals surface area contributed by atoms with Crippen LogP contribution in [0.15, 0.2) is 11.6 Å². The van der Waals surface area contributed by atoms with Gasteiger partial charge in [0.05, 0.1) is 17.1 Å². The van der Waals surface area contributed by atoms with E-state index in [0.29, 0.717) is 31.1 Å². The molecule has 9 atom stereocenters. The molecule has 4 saturated carbocycles. The van der Waals surface area contributed by atoms with Crippen LogP contribution in [0, 0.1) is 44.8 Å². The summed E-state index contributed by atoms with van der Waals surface area (Å²) in [5.41, 5.74) is 0.0807. The first kappa shape index (κ1) is 23.9. The van der Waals surface area contributed by atoms with Crippen LogP contribution >= 0.6 is 0 Å². The number of aliphatic hydroxyl groups is 2. The third-order valence-corrected chi connectivity index (χ3v) is 12.8. The number of hydrogen-bond acceptors (Lipinski definition) is 3. The van der Waals surface area contributed by atoms with Crippen LogP contribution < -0.4 is 0 Å². The largest absolute Gasteiger partial charge is 0.481 e. The second-order valence-electron chi connectivity index (χ2n) is 14.4. The molecule has 0 aromatic heterocycles. The molecule has 4 fully saturated rings. The van der Waals surface area contributed by atoms with Gasteiger partial charge in [-0.3, -0.25) is 4.79 Å². The van der Waals surface area contributed by atoms with Gasteiger partial charge < -0.3 is 15.3 Å². The van der Waals surface area contributed by atoms with E-state index in [1.165, 1.54) is 5.57 Å². The fraction of sp³-hybridized carbons (Fsp3) is 0.897.